The fourth-order valence-corrected chi connectivity index (χ4v) is 2.81. The molecule has 82 valence electrons. The Morgan fingerprint density at radius 2 is 2.20 bits per heavy atom. The van der Waals surface area contributed by atoms with Gasteiger partial charge in [0.1, 0.15) is 0 Å². The van der Waals surface area contributed by atoms with Crippen LogP contribution in [0, 0.1) is 5.82 Å². The Morgan fingerprint density at radius 3 is 2.87 bits per heavy atom. The number of halogens is 2. The van der Waals surface area contributed by atoms with E-state index < -0.39 is 0 Å². The number of nitrogens with one attached hydrogen (secondary N) is 1. The molecule has 2 heterocycles. The van der Waals surface area contributed by atoms with Gasteiger partial charge in [0.05, 0.1) is 5.02 Å². The Balaban J connectivity index is 2.03. The van der Waals surface area contributed by atoms with Gasteiger partial charge in [0, 0.05) is 12.2 Å². The third-order valence-corrected chi connectivity index (χ3v) is 3.63. The highest BCUT2D eigenvalue weighted by Crippen LogP contribution is 2.22. The van der Waals surface area contributed by atoms with Gasteiger partial charge < -0.3 is 5.32 Å². The summed E-state index contributed by atoms with van der Waals surface area (Å²) in [5.41, 5.74) is 0. The van der Waals surface area contributed by atoms with Crippen molar-refractivity contribution in [3.8, 4) is 0 Å². The van der Waals surface area contributed by atoms with Crippen molar-refractivity contribution in [1.82, 2.24) is 4.98 Å². The van der Waals surface area contributed by atoms with Crippen LogP contribution in [-0.4, -0.2) is 22.5 Å². The number of aromatic nitrogens is 1. The van der Waals surface area contributed by atoms with Crippen LogP contribution in [-0.2, 0) is 0 Å². The second-order valence-electron chi connectivity index (χ2n) is 3.51. The molecular weight excluding hydrogens is 235 g/mol. The van der Waals surface area contributed by atoms with E-state index in [-0.39, 0.29) is 5.82 Å². The summed E-state index contributed by atoms with van der Waals surface area (Å²) in [6.07, 6.45) is 3.59. The highest BCUT2D eigenvalue weighted by atomic mass is 35.5. The molecule has 0 saturated carbocycles. The van der Waals surface area contributed by atoms with Crippen LogP contribution in [0.25, 0.3) is 0 Å². The third-order valence-electron chi connectivity index (χ3n) is 2.37. The molecule has 0 aliphatic carbocycles. The summed E-state index contributed by atoms with van der Waals surface area (Å²) in [7, 11) is 0. The molecule has 5 heteroatoms. The number of hydrogen-bond acceptors (Lipinski definition) is 3. The van der Waals surface area contributed by atoms with Gasteiger partial charge in [0.15, 0.2) is 11.6 Å². The number of anilines is 1. The lowest BCUT2D eigenvalue weighted by atomic mass is 10.1. The van der Waals surface area contributed by atoms with Crippen molar-refractivity contribution in [3.63, 3.8) is 0 Å². The minimum atomic E-state index is -0.374. The summed E-state index contributed by atoms with van der Waals surface area (Å²) in [5.74, 6) is 2.21. The van der Waals surface area contributed by atoms with E-state index in [0.29, 0.717) is 16.9 Å². The Kier molecular flexibility index (Phi) is 3.70. The first-order valence-corrected chi connectivity index (χ1v) is 6.44. The Bertz CT molecular complexity index is 342. The molecule has 15 heavy (non-hydrogen) atoms. The summed E-state index contributed by atoms with van der Waals surface area (Å²) >= 11 is 7.57. The third kappa shape index (κ3) is 2.98. The average molecular weight is 247 g/mol. The first-order chi connectivity index (χ1) is 7.25. The molecule has 2 rings (SSSR count). The summed E-state index contributed by atoms with van der Waals surface area (Å²) in [6, 6.07) is 1.63. The van der Waals surface area contributed by atoms with Crippen LogP contribution in [0.2, 0.25) is 5.02 Å². The summed E-state index contributed by atoms with van der Waals surface area (Å²) in [4.78, 5) is 3.95. The van der Waals surface area contributed by atoms with E-state index in [1.165, 1.54) is 12.3 Å². The van der Waals surface area contributed by atoms with E-state index >= 15 is 0 Å². The molecule has 0 unspecified atom stereocenters. The molecule has 0 radical (unpaired) electrons. The van der Waals surface area contributed by atoms with Crippen LogP contribution in [0.15, 0.2) is 12.3 Å². The SMILES string of the molecule is Fc1cc(Cl)cnc1NC1CCSCC1. The van der Waals surface area contributed by atoms with Gasteiger partial charge in [-0.25, -0.2) is 9.37 Å². The van der Waals surface area contributed by atoms with Crippen molar-refractivity contribution >= 4 is 29.2 Å². The Hall–Kier alpha value is -0.480. The fraction of sp³-hybridized carbons (Fsp3) is 0.500. The van der Waals surface area contributed by atoms with Crippen LogP contribution >= 0.6 is 23.4 Å². The monoisotopic (exact) mass is 246 g/mol. The molecule has 1 fully saturated rings. The van der Waals surface area contributed by atoms with Gasteiger partial charge in [-0.1, -0.05) is 11.6 Å². The van der Waals surface area contributed by atoms with Gasteiger partial charge in [-0.2, -0.15) is 11.8 Å². The van der Waals surface area contributed by atoms with E-state index in [0.717, 1.165) is 24.3 Å². The lowest BCUT2D eigenvalue weighted by Gasteiger charge is -2.23. The second kappa shape index (κ2) is 5.03. The van der Waals surface area contributed by atoms with E-state index in [2.05, 4.69) is 10.3 Å². The van der Waals surface area contributed by atoms with E-state index in [9.17, 15) is 4.39 Å². The summed E-state index contributed by atoms with van der Waals surface area (Å²) in [6.45, 7) is 0. The molecule has 0 amide bonds. The van der Waals surface area contributed by atoms with Gasteiger partial charge in [0.25, 0.3) is 0 Å². The topological polar surface area (TPSA) is 24.9 Å². The number of rotatable bonds is 2. The van der Waals surface area contributed by atoms with Crippen LogP contribution in [0.1, 0.15) is 12.8 Å². The largest absolute Gasteiger partial charge is 0.365 e. The normalized spacial score (nSPS) is 17.7. The maximum atomic E-state index is 13.4. The molecule has 1 aliphatic heterocycles. The molecule has 1 N–H and O–H groups in total. The van der Waals surface area contributed by atoms with Crippen LogP contribution in [0.3, 0.4) is 0 Å². The lowest BCUT2D eigenvalue weighted by Crippen LogP contribution is -2.25. The molecule has 1 aliphatic rings. The lowest BCUT2D eigenvalue weighted by molar-refractivity contribution is 0.607. The minimum Gasteiger partial charge on any atom is -0.365 e. The maximum absolute atomic E-state index is 13.4. The van der Waals surface area contributed by atoms with Crippen molar-refractivity contribution in [3.05, 3.63) is 23.1 Å². The molecule has 0 bridgehead atoms. The predicted molar refractivity (Wildman–Crippen MR) is 63.2 cm³/mol. The number of hydrogen-bond donors (Lipinski definition) is 1. The highest BCUT2D eigenvalue weighted by Gasteiger charge is 2.15. The second-order valence-corrected chi connectivity index (χ2v) is 5.18. The zero-order valence-corrected chi connectivity index (χ0v) is 9.74. The predicted octanol–water partition coefficient (Wildman–Crippen LogP) is 3.18. The number of pyridine rings is 1. The van der Waals surface area contributed by atoms with Crippen molar-refractivity contribution in [2.24, 2.45) is 0 Å². The van der Waals surface area contributed by atoms with Crippen molar-refractivity contribution in [2.75, 3.05) is 16.8 Å². The standard InChI is InChI=1S/C10H12ClFN2S/c11-7-5-9(12)10(13-6-7)14-8-1-3-15-4-2-8/h5-6,8H,1-4H2,(H,13,14). The van der Waals surface area contributed by atoms with Crippen LogP contribution in [0.5, 0.6) is 0 Å². The van der Waals surface area contributed by atoms with Crippen molar-refractivity contribution < 1.29 is 4.39 Å². The number of nitrogens with zero attached hydrogens (tertiary/aromatic N) is 1. The van der Waals surface area contributed by atoms with Gasteiger partial charge in [-0.15, -0.1) is 0 Å². The molecule has 1 aromatic heterocycles. The molecule has 0 spiro atoms. The first-order valence-electron chi connectivity index (χ1n) is 4.91. The van der Waals surface area contributed by atoms with E-state index in [1.807, 2.05) is 11.8 Å². The molecule has 0 atom stereocenters. The van der Waals surface area contributed by atoms with Crippen LogP contribution in [0.4, 0.5) is 10.2 Å². The Morgan fingerprint density at radius 1 is 1.47 bits per heavy atom. The quantitative estimate of drug-likeness (QED) is 0.868. The highest BCUT2D eigenvalue weighted by molar-refractivity contribution is 7.99. The zero-order chi connectivity index (χ0) is 10.7. The summed E-state index contributed by atoms with van der Waals surface area (Å²) < 4.78 is 13.4. The Labute approximate surface area is 97.6 Å². The van der Waals surface area contributed by atoms with Crippen molar-refractivity contribution in [1.29, 1.82) is 0 Å². The molecule has 2 nitrogen and oxygen atoms in total. The van der Waals surface area contributed by atoms with Gasteiger partial charge >= 0.3 is 0 Å². The molecular formula is C10H12ClFN2S. The average Bonchev–Trinajstić information content (AvgIpc) is 2.24. The van der Waals surface area contributed by atoms with E-state index in [4.69, 9.17) is 11.6 Å². The van der Waals surface area contributed by atoms with Gasteiger partial charge in [-0.3, -0.25) is 0 Å². The number of thioether (sulfide) groups is 1. The smallest absolute Gasteiger partial charge is 0.166 e. The van der Waals surface area contributed by atoms with Gasteiger partial charge in [0.2, 0.25) is 0 Å². The van der Waals surface area contributed by atoms with Crippen molar-refractivity contribution in [2.45, 2.75) is 18.9 Å². The van der Waals surface area contributed by atoms with Crippen LogP contribution < -0.4 is 5.32 Å². The molecule has 1 aromatic rings. The zero-order valence-electron chi connectivity index (χ0n) is 8.17. The molecule has 0 aromatic carbocycles. The first kappa shape index (κ1) is 11.0. The molecule has 1 saturated heterocycles. The maximum Gasteiger partial charge on any atom is 0.166 e. The van der Waals surface area contributed by atoms with E-state index in [1.54, 1.807) is 0 Å². The minimum absolute atomic E-state index is 0.316. The van der Waals surface area contributed by atoms with Gasteiger partial charge in [-0.05, 0) is 30.4 Å². The fourth-order valence-electron chi connectivity index (χ4n) is 1.56. The summed E-state index contributed by atoms with van der Waals surface area (Å²) in [5, 5.41) is 3.45.